The van der Waals surface area contributed by atoms with E-state index in [-0.39, 0.29) is 12.2 Å². The maximum Gasteiger partial charge on any atom is 0.275 e. The van der Waals surface area contributed by atoms with E-state index in [1.165, 1.54) is 6.07 Å². The van der Waals surface area contributed by atoms with Crippen molar-refractivity contribution in [2.45, 2.75) is 13.5 Å². The predicted octanol–water partition coefficient (Wildman–Crippen LogP) is 3.65. The Bertz CT molecular complexity index is 632. The van der Waals surface area contributed by atoms with Gasteiger partial charge < -0.3 is 10.1 Å². The van der Waals surface area contributed by atoms with Crippen molar-refractivity contribution in [3.63, 3.8) is 0 Å². The van der Waals surface area contributed by atoms with Crippen molar-refractivity contribution in [3.8, 4) is 5.88 Å². The first-order chi connectivity index (χ1) is 10.1. The number of nitrogens with one attached hydrogen (secondary N) is 1. The summed E-state index contributed by atoms with van der Waals surface area (Å²) in [5, 5.41) is 14.4. The molecule has 0 aliphatic rings. The van der Waals surface area contributed by atoms with E-state index in [9.17, 15) is 10.1 Å². The average molecular weight is 308 g/mol. The van der Waals surface area contributed by atoms with E-state index >= 15 is 0 Å². The standard InChI is InChI=1S/C14H14ClN3O3/c1-2-21-14-7-6-10(8-17-14)16-9-11-12(15)4-3-5-13(11)18(19)20/h3-8,16H,2,9H2,1H3. The van der Waals surface area contributed by atoms with Crippen molar-refractivity contribution >= 4 is 23.0 Å². The third-order valence-corrected chi connectivity index (χ3v) is 3.14. The van der Waals surface area contributed by atoms with Crippen LogP contribution in [0.1, 0.15) is 12.5 Å². The molecule has 0 fully saturated rings. The molecule has 1 aromatic carbocycles. The fourth-order valence-corrected chi connectivity index (χ4v) is 2.04. The van der Waals surface area contributed by atoms with Crippen LogP contribution in [0.15, 0.2) is 36.5 Å². The zero-order valence-corrected chi connectivity index (χ0v) is 12.1. The topological polar surface area (TPSA) is 77.3 Å². The van der Waals surface area contributed by atoms with Crippen molar-refractivity contribution in [2.75, 3.05) is 11.9 Å². The van der Waals surface area contributed by atoms with Crippen LogP contribution in [-0.4, -0.2) is 16.5 Å². The van der Waals surface area contributed by atoms with E-state index in [0.29, 0.717) is 23.1 Å². The molecule has 21 heavy (non-hydrogen) atoms. The van der Waals surface area contributed by atoms with Gasteiger partial charge in [-0.05, 0) is 19.1 Å². The van der Waals surface area contributed by atoms with Crippen molar-refractivity contribution in [3.05, 3.63) is 57.2 Å². The molecule has 0 radical (unpaired) electrons. The van der Waals surface area contributed by atoms with E-state index in [1.54, 1.807) is 30.5 Å². The van der Waals surface area contributed by atoms with Crippen molar-refractivity contribution in [1.82, 2.24) is 4.98 Å². The molecule has 7 heteroatoms. The first-order valence-electron chi connectivity index (χ1n) is 6.36. The van der Waals surface area contributed by atoms with Crippen LogP contribution in [0.4, 0.5) is 11.4 Å². The number of nitrogens with zero attached hydrogens (tertiary/aromatic N) is 2. The maximum absolute atomic E-state index is 11.0. The van der Waals surface area contributed by atoms with Gasteiger partial charge in [-0.1, -0.05) is 17.7 Å². The van der Waals surface area contributed by atoms with Crippen LogP contribution < -0.4 is 10.1 Å². The summed E-state index contributed by atoms with van der Waals surface area (Å²) in [4.78, 5) is 14.7. The predicted molar refractivity (Wildman–Crippen MR) is 80.8 cm³/mol. The highest BCUT2D eigenvalue weighted by atomic mass is 35.5. The number of hydrogen-bond acceptors (Lipinski definition) is 5. The minimum atomic E-state index is -0.445. The fraction of sp³-hybridized carbons (Fsp3) is 0.214. The molecular formula is C14H14ClN3O3. The number of aromatic nitrogens is 1. The van der Waals surface area contributed by atoms with E-state index in [2.05, 4.69) is 10.3 Å². The molecule has 1 N–H and O–H groups in total. The second-order valence-electron chi connectivity index (χ2n) is 4.17. The Kier molecular flexibility index (Phi) is 4.94. The summed E-state index contributed by atoms with van der Waals surface area (Å²) in [7, 11) is 0. The first-order valence-corrected chi connectivity index (χ1v) is 6.74. The van der Waals surface area contributed by atoms with Gasteiger partial charge in [0.1, 0.15) is 0 Å². The van der Waals surface area contributed by atoms with Gasteiger partial charge in [-0.15, -0.1) is 0 Å². The molecule has 0 spiro atoms. The second-order valence-corrected chi connectivity index (χ2v) is 4.57. The van der Waals surface area contributed by atoms with Crippen molar-refractivity contribution < 1.29 is 9.66 Å². The minimum Gasteiger partial charge on any atom is -0.478 e. The Labute approximate surface area is 126 Å². The number of nitro benzene ring substituents is 1. The number of anilines is 1. The van der Waals surface area contributed by atoms with Gasteiger partial charge in [0.15, 0.2) is 0 Å². The third-order valence-electron chi connectivity index (χ3n) is 2.79. The molecule has 110 valence electrons. The number of ether oxygens (including phenoxy) is 1. The number of halogens is 1. The highest BCUT2D eigenvalue weighted by Crippen LogP contribution is 2.27. The lowest BCUT2D eigenvalue weighted by atomic mass is 10.1. The van der Waals surface area contributed by atoms with Gasteiger partial charge >= 0.3 is 0 Å². The average Bonchev–Trinajstić information content (AvgIpc) is 2.47. The number of benzene rings is 1. The van der Waals surface area contributed by atoms with E-state index in [1.807, 2.05) is 6.92 Å². The molecule has 0 unspecified atom stereocenters. The summed E-state index contributed by atoms with van der Waals surface area (Å²) in [6.45, 7) is 2.67. The van der Waals surface area contributed by atoms with Crippen LogP contribution >= 0.6 is 11.6 Å². The van der Waals surface area contributed by atoms with Gasteiger partial charge in [-0.2, -0.15) is 0 Å². The molecule has 0 bridgehead atoms. The number of nitro groups is 1. The zero-order chi connectivity index (χ0) is 15.2. The van der Waals surface area contributed by atoms with Gasteiger partial charge in [-0.25, -0.2) is 4.98 Å². The zero-order valence-electron chi connectivity index (χ0n) is 11.4. The van der Waals surface area contributed by atoms with Crippen LogP contribution in [0.3, 0.4) is 0 Å². The molecule has 0 saturated carbocycles. The summed E-state index contributed by atoms with van der Waals surface area (Å²) in [6, 6.07) is 8.14. The lowest BCUT2D eigenvalue weighted by molar-refractivity contribution is -0.385. The van der Waals surface area contributed by atoms with Crippen LogP contribution in [0.25, 0.3) is 0 Å². The first kappa shape index (κ1) is 15.1. The largest absolute Gasteiger partial charge is 0.478 e. The second kappa shape index (κ2) is 6.90. The van der Waals surface area contributed by atoms with E-state index in [0.717, 1.165) is 5.69 Å². The van der Waals surface area contributed by atoms with Gasteiger partial charge in [0, 0.05) is 18.7 Å². The number of rotatable bonds is 6. The normalized spacial score (nSPS) is 10.2. The Morgan fingerprint density at radius 1 is 1.38 bits per heavy atom. The molecule has 2 rings (SSSR count). The number of pyridine rings is 1. The summed E-state index contributed by atoms with van der Waals surface area (Å²) < 4.78 is 5.24. The van der Waals surface area contributed by atoms with Crippen LogP contribution in [0.2, 0.25) is 5.02 Å². The molecule has 1 heterocycles. The molecule has 0 aliphatic carbocycles. The molecule has 0 saturated heterocycles. The van der Waals surface area contributed by atoms with Crippen LogP contribution in [0, 0.1) is 10.1 Å². The summed E-state index contributed by atoms with van der Waals surface area (Å²) in [6.07, 6.45) is 1.60. The van der Waals surface area contributed by atoms with Gasteiger partial charge in [-0.3, -0.25) is 10.1 Å². The quantitative estimate of drug-likeness (QED) is 0.651. The smallest absolute Gasteiger partial charge is 0.275 e. The third kappa shape index (κ3) is 3.82. The Balaban J connectivity index is 2.11. The van der Waals surface area contributed by atoms with E-state index in [4.69, 9.17) is 16.3 Å². The monoisotopic (exact) mass is 307 g/mol. The lowest BCUT2D eigenvalue weighted by Crippen LogP contribution is -2.04. The molecule has 0 amide bonds. The highest BCUT2D eigenvalue weighted by Gasteiger charge is 2.16. The van der Waals surface area contributed by atoms with Crippen molar-refractivity contribution in [2.24, 2.45) is 0 Å². The van der Waals surface area contributed by atoms with Gasteiger partial charge in [0.2, 0.25) is 5.88 Å². The molecule has 6 nitrogen and oxygen atoms in total. The Morgan fingerprint density at radius 2 is 2.19 bits per heavy atom. The molecule has 1 aromatic heterocycles. The van der Waals surface area contributed by atoms with Gasteiger partial charge in [0.25, 0.3) is 5.69 Å². The molecule has 0 aliphatic heterocycles. The Morgan fingerprint density at radius 3 is 2.81 bits per heavy atom. The maximum atomic E-state index is 11.0. The Hall–Kier alpha value is -2.34. The SMILES string of the molecule is CCOc1ccc(NCc2c(Cl)cccc2[N+](=O)[O-])cn1. The summed E-state index contributed by atoms with van der Waals surface area (Å²) in [5.74, 6) is 0.534. The summed E-state index contributed by atoms with van der Waals surface area (Å²) >= 11 is 6.03. The highest BCUT2D eigenvalue weighted by molar-refractivity contribution is 6.31. The molecule has 0 atom stereocenters. The lowest BCUT2D eigenvalue weighted by Gasteiger charge is -2.09. The van der Waals surface area contributed by atoms with E-state index < -0.39 is 4.92 Å². The fourth-order valence-electron chi connectivity index (χ4n) is 1.80. The van der Waals surface area contributed by atoms with Gasteiger partial charge in [0.05, 0.1) is 34.0 Å². The van der Waals surface area contributed by atoms with Crippen molar-refractivity contribution in [1.29, 1.82) is 0 Å². The molecule has 2 aromatic rings. The van der Waals surface area contributed by atoms with Crippen LogP contribution in [0.5, 0.6) is 5.88 Å². The number of hydrogen-bond donors (Lipinski definition) is 1. The molecular weight excluding hydrogens is 294 g/mol. The van der Waals surface area contributed by atoms with Crippen LogP contribution in [-0.2, 0) is 6.54 Å². The minimum absolute atomic E-state index is 0.00565. The summed E-state index contributed by atoms with van der Waals surface area (Å²) in [5.41, 5.74) is 1.17.